The van der Waals surface area contributed by atoms with Crippen molar-refractivity contribution in [3.05, 3.63) is 82.8 Å². The molecule has 0 spiro atoms. The van der Waals surface area contributed by atoms with Crippen LogP contribution in [0.1, 0.15) is 22.5 Å². The molecular weight excluding hydrogens is 420 g/mol. The van der Waals surface area contributed by atoms with Crippen LogP contribution in [0.25, 0.3) is 11.8 Å². The number of imide groups is 1. The van der Waals surface area contributed by atoms with E-state index in [1.165, 1.54) is 0 Å². The van der Waals surface area contributed by atoms with Crippen LogP contribution in [0.3, 0.4) is 0 Å². The van der Waals surface area contributed by atoms with Crippen molar-refractivity contribution < 1.29 is 19.5 Å². The first kappa shape index (κ1) is 21.9. The van der Waals surface area contributed by atoms with Crippen LogP contribution in [-0.2, 0) is 9.59 Å². The van der Waals surface area contributed by atoms with Gasteiger partial charge in [-0.2, -0.15) is 0 Å². The fourth-order valence-electron chi connectivity index (χ4n) is 3.87. The van der Waals surface area contributed by atoms with E-state index in [-0.39, 0.29) is 18.0 Å². The molecule has 4 rings (SSSR count). The molecule has 8 heteroatoms. The fraction of sp³-hybridized carbons (Fsp3) is 0.160. The van der Waals surface area contributed by atoms with Gasteiger partial charge in [0.25, 0.3) is 5.91 Å². The number of hydrogen-bond acceptors (Lipinski definition) is 4. The summed E-state index contributed by atoms with van der Waals surface area (Å²) in [5.74, 6) is -0.848. The van der Waals surface area contributed by atoms with E-state index in [1.807, 2.05) is 43.5 Å². The quantitative estimate of drug-likeness (QED) is 0.413. The van der Waals surface area contributed by atoms with Gasteiger partial charge in [0.1, 0.15) is 18.0 Å². The summed E-state index contributed by atoms with van der Waals surface area (Å²) < 4.78 is 1.99. The number of hydrogen-bond donors (Lipinski definition) is 3. The number of carbonyl (C=O) groups excluding carboxylic acids is 3. The monoisotopic (exact) mass is 444 g/mol. The average molecular weight is 444 g/mol. The Morgan fingerprint density at radius 3 is 2.48 bits per heavy atom. The summed E-state index contributed by atoms with van der Waals surface area (Å²) in [6.07, 6.45) is 1.61. The summed E-state index contributed by atoms with van der Waals surface area (Å²) in [6.45, 7) is 5.35. The van der Waals surface area contributed by atoms with E-state index < -0.39 is 17.8 Å². The Labute approximate surface area is 191 Å². The molecule has 1 aliphatic heterocycles. The van der Waals surface area contributed by atoms with Crippen LogP contribution in [-0.4, -0.2) is 39.0 Å². The number of nitrogens with one attached hydrogen (secondary N) is 2. The third kappa shape index (κ3) is 4.50. The lowest BCUT2D eigenvalue weighted by Gasteiger charge is -2.12. The highest BCUT2D eigenvalue weighted by atomic mass is 16.3. The number of phenols is 1. The van der Waals surface area contributed by atoms with Crippen LogP contribution in [0.5, 0.6) is 5.75 Å². The standard InChI is InChI=1S/C25H24N4O4/c1-15-5-4-6-19(11-15)26-23(31)14-28-24(32)22(27-25(28)33)13-18-12-16(2)29(17(18)3)20-7-9-21(30)10-8-20/h4-13,30H,14H2,1-3H3,(H,26,31)(H,27,33)/b22-13+. The van der Waals surface area contributed by atoms with Gasteiger partial charge in [0.05, 0.1) is 0 Å². The number of aryl methyl sites for hydroxylation is 2. The van der Waals surface area contributed by atoms with Crippen molar-refractivity contribution in [1.29, 1.82) is 0 Å². The van der Waals surface area contributed by atoms with Crippen molar-refractivity contribution in [1.82, 2.24) is 14.8 Å². The Balaban J connectivity index is 1.53. The van der Waals surface area contributed by atoms with Gasteiger partial charge in [0, 0.05) is 22.8 Å². The molecule has 1 aromatic heterocycles. The number of aromatic hydroxyl groups is 1. The van der Waals surface area contributed by atoms with Gasteiger partial charge in [-0.3, -0.25) is 9.59 Å². The molecule has 4 amide bonds. The number of amides is 4. The number of aromatic nitrogens is 1. The van der Waals surface area contributed by atoms with E-state index in [0.717, 1.165) is 33.1 Å². The molecule has 168 valence electrons. The van der Waals surface area contributed by atoms with Crippen LogP contribution in [0.15, 0.2) is 60.3 Å². The van der Waals surface area contributed by atoms with Gasteiger partial charge in [-0.15, -0.1) is 0 Å². The van der Waals surface area contributed by atoms with Crippen molar-refractivity contribution in [2.75, 3.05) is 11.9 Å². The second-order valence-corrected chi connectivity index (χ2v) is 7.98. The lowest BCUT2D eigenvalue weighted by atomic mass is 10.2. The smallest absolute Gasteiger partial charge is 0.329 e. The minimum atomic E-state index is -0.641. The molecule has 0 saturated carbocycles. The van der Waals surface area contributed by atoms with E-state index in [2.05, 4.69) is 10.6 Å². The highest BCUT2D eigenvalue weighted by molar-refractivity contribution is 6.16. The second-order valence-electron chi connectivity index (χ2n) is 7.98. The van der Waals surface area contributed by atoms with Crippen molar-refractivity contribution in [2.45, 2.75) is 20.8 Å². The van der Waals surface area contributed by atoms with Gasteiger partial charge in [-0.25, -0.2) is 9.69 Å². The summed E-state index contributed by atoms with van der Waals surface area (Å²) in [4.78, 5) is 38.5. The number of phenolic OH excluding ortho intramolecular Hbond substituents is 1. The summed E-state index contributed by atoms with van der Waals surface area (Å²) in [7, 11) is 0. The van der Waals surface area contributed by atoms with E-state index in [1.54, 1.807) is 42.5 Å². The topological polar surface area (TPSA) is 104 Å². The lowest BCUT2D eigenvalue weighted by Crippen LogP contribution is -2.38. The zero-order chi connectivity index (χ0) is 23.7. The first-order valence-corrected chi connectivity index (χ1v) is 10.4. The molecular formula is C25H24N4O4. The Hall–Kier alpha value is -4.33. The third-order valence-corrected chi connectivity index (χ3v) is 5.44. The fourth-order valence-corrected chi connectivity index (χ4v) is 3.87. The van der Waals surface area contributed by atoms with Gasteiger partial charge in [0.15, 0.2) is 0 Å². The van der Waals surface area contributed by atoms with Crippen molar-refractivity contribution >= 4 is 29.6 Å². The molecule has 0 aliphatic carbocycles. The zero-order valence-electron chi connectivity index (χ0n) is 18.5. The van der Waals surface area contributed by atoms with E-state index in [0.29, 0.717) is 5.69 Å². The normalized spacial score (nSPS) is 14.6. The molecule has 2 heterocycles. The molecule has 1 aliphatic rings. The molecule has 0 unspecified atom stereocenters. The van der Waals surface area contributed by atoms with Gasteiger partial charge < -0.3 is 20.3 Å². The minimum Gasteiger partial charge on any atom is -0.508 e. The molecule has 8 nitrogen and oxygen atoms in total. The van der Waals surface area contributed by atoms with Crippen LogP contribution < -0.4 is 10.6 Å². The first-order valence-electron chi connectivity index (χ1n) is 10.4. The number of benzene rings is 2. The molecule has 2 aromatic carbocycles. The number of urea groups is 1. The zero-order valence-corrected chi connectivity index (χ0v) is 18.5. The SMILES string of the molecule is Cc1cccc(NC(=O)CN2C(=O)N/C(=C/c3cc(C)n(-c4ccc(O)cc4)c3C)C2=O)c1. The molecule has 1 fully saturated rings. The minimum absolute atomic E-state index is 0.106. The summed E-state index contributed by atoms with van der Waals surface area (Å²) in [5.41, 5.74) is 5.11. The van der Waals surface area contributed by atoms with E-state index >= 15 is 0 Å². The summed E-state index contributed by atoms with van der Waals surface area (Å²) in [5, 5.41) is 14.8. The highest BCUT2D eigenvalue weighted by Crippen LogP contribution is 2.25. The van der Waals surface area contributed by atoms with E-state index in [9.17, 15) is 19.5 Å². The number of anilines is 1. The van der Waals surface area contributed by atoms with Crippen LogP contribution >= 0.6 is 0 Å². The maximum Gasteiger partial charge on any atom is 0.329 e. The lowest BCUT2D eigenvalue weighted by molar-refractivity contribution is -0.127. The van der Waals surface area contributed by atoms with Crippen molar-refractivity contribution in [3.63, 3.8) is 0 Å². The first-order chi connectivity index (χ1) is 15.7. The Bertz CT molecular complexity index is 1290. The molecule has 0 atom stereocenters. The molecule has 0 bridgehead atoms. The molecule has 1 saturated heterocycles. The van der Waals surface area contributed by atoms with Gasteiger partial charge in [-0.05, 0) is 80.4 Å². The van der Waals surface area contributed by atoms with Crippen LogP contribution in [0.4, 0.5) is 10.5 Å². The van der Waals surface area contributed by atoms with E-state index in [4.69, 9.17) is 0 Å². The van der Waals surface area contributed by atoms with Crippen LogP contribution in [0, 0.1) is 20.8 Å². The largest absolute Gasteiger partial charge is 0.508 e. The number of carbonyl (C=O) groups is 3. The molecule has 33 heavy (non-hydrogen) atoms. The summed E-state index contributed by atoms with van der Waals surface area (Å²) >= 11 is 0. The second kappa shape index (κ2) is 8.66. The van der Waals surface area contributed by atoms with Crippen molar-refractivity contribution in [3.8, 4) is 11.4 Å². The molecule has 0 radical (unpaired) electrons. The number of nitrogens with zero attached hydrogens (tertiary/aromatic N) is 2. The van der Waals surface area contributed by atoms with Gasteiger partial charge in [0.2, 0.25) is 5.91 Å². The predicted molar refractivity (Wildman–Crippen MR) is 125 cm³/mol. The Morgan fingerprint density at radius 2 is 1.79 bits per heavy atom. The predicted octanol–water partition coefficient (Wildman–Crippen LogP) is 3.64. The van der Waals surface area contributed by atoms with Crippen molar-refractivity contribution in [2.24, 2.45) is 0 Å². The Kier molecular flexibility index (Phi) is 5.74. The Morgan fingerprint density at radius 1 is 1.06 bits per heavy atom. The molecule has 3 aromatic rings. The number of rotatable bonds is 5. The van der Waals surface area contributed by atoms with Gasteiger partial charge >= 0.3 is 6.03 Å². The maximum absolute atomic E-state index is 12.8. The average Bonchev–Trinajstić information content (AvgIpc) is 3.18. The summed E-state index contributed by atoms with van der Waals surface area (Å²) in [6, 6.07) is 15.3. The molecule has 3 N–H and O–H groups in total. The maximum atomic E-state index is 12.8. The highest BCUT2D eigenvalue weighted by Gasteiger charge is 2.35. The van der Waals surface area contributed by atoms with Gasteiger partial charge in [-0.1, -0.05) is 12.1 Å². The third-order valence-electron chi connectivity index (χ3n) is 5.44. The van der Waals surface area contributed by atoms with Crippen LogP contribution in [0.2, 0.25) is 0 Å².